The van der Waals surface area contributed by atoms with E-state index in [0.29, 0.717) is 16.3 Å². The summed E-state index contributed by atoms with van der Waals surface area (Å²) in [4.78, 5) is 25.7. The molecule has 4 rings (SSSR count). The van der Waals surface area contributed by atoms with Crippen molar-refractivity contribution >= 4 is 29.6 Å². The van der Waals surface area contributed by atoms with E-state index in [-0.39, 0.29) is 11.8 Å². The fourth-order valence-electron chi connectivity index (χ4n) is 3.58. The highest BCUT2D eigenvalue weighted by molar-refractivity contribution is 6.30. The lowest BCUT2D eigenvalue weighted by Gasteiger charge is -2.15. The Balaban J connectivity index is 1.71. The van der Waals surface area contributed by atoms with Gasteiger partial charge in [-0.2, -0.15) is 0 Å². The van der Waals surface area contributed by atoms with E-state index in [9.17, 15) is 9.59 Å². The van der Waals surface area contributed by atoms with Gasteiger partial charge in [-0.3, -0.25) is 9.59 Å². The Morgan fingerprint density at radius 3 is 2.42 bits per heavy atom. The zero-order chi connectivity index (χ0) is 21.8. The monoisotopic (exact) mass is 434 g/mol. The second-order valence-corrected chi connectivity index (χ2v) is 7.50. The number of hydrogen-bond acceptors (Lipinski definition) is 3. The van der Waals surface area contributed by atoms with Gasteiger partial charge in [0, 0.05) is 16.1 Å². The first-order valence-corrected chi connectivity index (χ1v) is 10.1. The van der Waals surface area contributed by atoms with E-state index < -0.39 is 12.1 Å². The average Bonchev–Trinajstić information content (AvgIpc) is 3.09. The molecule has 0 aromatic heterocycles. The van der Waals surface area contributed by atoms with E-state index >= 15 is 0 Å². The lowest BCUT2D eigenvalue weighted by Crippen LogP contribution is -2.42. The highest BCUT2D eigenvalue weighted by Crippen LogP contribution is 2.26. The maximum Gasteiger partial charge on any atom is 0.304 e. The Morgan fingerprint density at radius 2 is 1.71 bits per heavy atom. The molecule has 0 bridgehead atoms. The molecule has 6 nitrogen and oxygen atoms in total. The van der Waals surface area contributed by atoms with Crippen molar-refractivity contribution in [3.05, 3.63) is 101 Å². The molecule has 0 unspecified atom stereocenters. The smallest absolute Gasteiger partial charge is 0.304 e. The number of rotatable bonds is 5. The minimum absolute atomic E-state index is 0.303. The third kappa shape index (κ3) is 4.44. The zero-order valence-corrected chi connectivity index (χ0v) is 17.5. The van der Waals surface area contributed by atoms with Crippen molar-refractivity contribution < 1.29 is 19.0 Å². The minimum Gasteiger partial charge on any atom is -0.496 e. The van der Waals surface area contributed by atoms with Crippen LogP contribution in [0.15, 0.2) is 78.9 Å². The van der Waals surface area contributed by atoms with E-state index in [4.69, 9.17) is 16.3 Å². The first-order chi connectivity index (χ1) is 15.1. The number of nitrogens with zero attached hydrogens (tertiary/aromatic N) is 1. The van der Waals surface area contributed by atoms with Gasteiger partial charge in [0.15, 0.2) is 6.04 Å². The molecule has 156 valence electrons. The van der Waals surface area contributed by atoms with Crippen molar-refractivity contribution in [3.8, 4) is 5.75 Å². The molecule has 3 aromatic rings. The first kappa shape index (κ1) is 20.6. The molecule has 1 aliphatic heterocycles. The quantitative estimate of drug-likeness (QED) is 0.605. The van der Waals surface area contributed by atoms with Crippen LogP contribution < -0.4 is 15.5 Å². The summed E-state index contributed by atoms with van der Waals surface area (Å²) in [7, 11) is 1.60. The number of methoxy groups -OCH3 is 1. The van der Waals surface area contributed by atoms with E-state index in [1.807, 2.05) is 60.8 Å². The lowest BCUT2D eigenvalue weighted by atomic mass is 10.00. The summed E-state index contributed by atoms with van der Waals surface area (Å²) in [6.07, 6.45) is 1.81. The van der Waals surface area contributed by atoms with Crippen molar-refractivity contribution in [1.82, 2.24) is 10.7 Å². The third-order valence-corrected chi connectivity index (χ3v) is 5.34. The van der Waals surface area contributed by atoms with Crippen LogP contribution in [0.1, 0.15) is 27.5 Å². The molecule has 2 atom stereocenters. The van der Waals surface area contributed by atoms with Gasteiger partial charge in [0.2, 0.25) is 12.3 Å². The van der Waals surface area contributed by atoms with Gasteiger partial charge in [-0.05, 0) is 36.4 Å². The van der Waals surface area contributed by atoms with Gasteiger partial charge in [-0.15, -0.1) is 10.1 Å². The summed E-state index contributed by atoms with van der Waals surface area (Å²) in [6, 6.07) is 22.4. The fraction of sp³-hybridized carbons (Fsp3) is 0.125. The van der Waals surface area contributed by atoms with Crippen LogP contribution in [-0.2, 0) is 4.79 Å². The van der Waals surface area contributed by atoms with Crippen molar-refractivity contribution in [2.45, 2.75) is 12.1 Å². The summed E-state index contributed by atoms with van der Waals surface area (Å²) >= 11 is 5.92. The van der Waals surface area contributed by atoms with Gasteiger partial charge in [-0.25, -0.2) is 0 Å². The van der Waals surface area contributed by atoms with Crippen LogP contribution in [0.4, 0.5) is 0 Å². The second-order valence-electron chi connectivity index (χ2n) is 7.07. The van der Waals surface area contributed by atoms with Crippen LogP contribution in [0.5, 0.6) is 5.75 Å². The van der Waals surface area contributed by atoms with Gasteiger partial charge in [0.25, 0.3) is 5.91 Å². The molecule has 31 heavy (non-hydrogen) atoms. The number of carbonyl (C=O) groups excluding carboxylic acids is 2. The number of hydrogen-bond donors (Lipinski definition) is 2. The Hall–Kier alpha value is -3.64. The Bertz CT molecular complexity index is 1130. The van der Waals surface area contributed by atoms with Gasteiger partial charge < -0.3 is 10.1 Å². The standard InChI is InChI=1S/C24H20ClN3O3/c1-31-20-10-6-5-9-18(20)15-28-22(16-7-3-2-4-8-16)21(24(30)27-28)26-23(29)17-11-13-19(25)14-12-17/h2-15,21-22H,1H3,(H-,26,27,29,30)/p+1/b28-15-/t21-,22-/m0/s1. The predicted molar refractivity (Wildman–Crippen MR) is 118 cm³/mol. The largest absolute Gasteiger partial charge is 0.496 e. The van der Waals surface area contributed by atoms with Crippen LogP contribution in [0, 0.1) is 0 Å². The SMILES string of the molecule is COc1ccccc1/C=[N+]1\NC(=O)[C@@H](NC(=O)c2ccc(Cl)cc2)[C@@H]1c1ccccc1. The fourth-order valence-corrected chi connectivity index (χ4v) is 3.71. The Morgan fingerprint density at radius 1 is 1.03 bits per heavy atom. The second kappa shape index (κ2) is 9.02. The molecule has 0 aliphatic carbocycles. The van der Waals surface area contributed by atoms with Crippen molar-refractivity contribution in [2.24, 2.45) is 0 Å². The number of carbonyl (C=O) groups is 2. The van der Waals surface area contributed by atoms with Crippen LogP contribution >= 0.6 is 11.6 Å². The first-order valence-electron chi connectivity index (χ1n) is 9.75. The molecule has 2 amide bonds. The molecule has 0 saturated carbocycles. The van der Waals surface area contributed by atoms with Gasteiger partial charge in [-0.1, -0.05) is 54.1 Å². The number of nitrogens with one attached hydrogen (secondary N) is 2. The molecule has 3 aromatic carbocycles. The molecule has 2 N–H and O–H groups in total. The van der Waals surface area contributed by atoms with Crippen molar-refractivity contribution in [2.75, 3.05) is 7.11 Å². The number of benzene rings is 3. The number of hydrazone groups is 1. The molecule has 1 fully saturated rings. The number of ether oxygens (including phenoxy) is 1. The molecule has 1 heterocycles. The average molecular weight is 435 g/mol. The molecule has 1 aliphatic rings. The third-order valence-electron chi connectivity index (χ3n) is 5.09. The summed E-state index contributed by atoms with van der Waals surface area (Å²) < 4.78 is 7.14. The Labute approximate surface area is 185 Å². The zero-order valence-electron chi connectivity index (χ0n) is 16.8. The molecular formula is C24H21ClN3O3+. The maximum absolute atomic E-state index is 12.9. The van der Waals surface area contributed by atoms with Crippen LogP contribution in [0.3, 0.4) is 0 Å². The molecular weight excluding hydrogens is 414 g/mol. The summed E-state index contributed by atoms with van der Waals surface area (Å²) in [6.45, 7) is 0. The van der Waals surface area contributed by atoms with E-state index in [0.717, 1.165) is 11.1 Å². The molecule has 1 saturated heterocycles. The van der Waals surface area contributed by atoms with Crippen LogP contribution in [0.2, 0.25) is 5.02 Å². The van der Waals surface area contributed by atoms with Crippen molar-refractivity contribution in [3.63, 3.8) is 0 Å². The van der Waals surface area contributed by atoms with E-state index in [1.54, 1.807) is 36.1 Å². The van der Waals surface area contributed by atoms with Gasteiger partial charge >= 0.3 is 5.91 Å². The number of halogens is 1. The molecule has 0 radical (unpaired) electrons. The maximum atomic E-state index is 12.9. The number of para-hydroxylation sites is 1. The van der Waals surface area contributed by atoms with Crippen LogP contribution in [0.25, 0.3) is 0 Å². The minimum atomic E-state index is -0.795. The summed E-state index contributed by atoms with van der Waals surface area (Å²) in [5.74, 6) is 0.0245. The molecule has 7 heteroatoms. The highest BCUT2D eigenvalue weighted by atomic mass is 35.5. The summed E-state index contributed by atoms with van der Waals surface area (Å²) in [5, 5.41) is 3.41. The lowest BCUT2D eigenvalue weighted by molar-refractivity contribution is -0.596. The van der Waals surface area contributed by atoms with Gasteiger partial charge in [0.1, 0.15) is 5.75 Å². The van der Waals surface area contributed by atoms with Gasteiger partial charge in [0.05, 0.1) is 12.7 Å². The summed E-state index contributed by atoms with van der Waals surface area (Å²) in [5.41, 5.74) is 4.98. The van der Waals surface area contributed by atoms with E-state index in [2.05, 4.69) is 10.7 Å². The van der Waals surface area contributed by atoms with Crippen molar-refractivity contribution in [1.29, 1.82) is 0 Å². The normalized spacial score (nSPS) is 19.2. The topological polar surface area (TPSA) is 70.4 Å². The van der Waals surface area contributed by atoms with E-state index in [1.165, 1.54) is 0 Å². The molecule has 0 spiro atoms. The highest BCUT2D eigenvalue weighted by Gasteiger charge is 2.47. The predicted octanol–water partition coefficient (Wildman–Crippen LogP) is 3.36. The number of hydrazine groups is 1. The van der Waals surface area contributed by atoms with Crippen LogP contribution in [-0.4, -0.2) is 35.9 Å². The number of amides is 2. The Kier molecular flexibility index (Phi) is 6.00.